The summed E-state index contributed by atoms with van der Waals surface area (Å²) in [6.45, 7) is 4.09. The molecule has 5 heterocycles. The first-order chi connectivity index (χ1) is 28.5. The number of ether oxygens (including phenoxy) is 1. The monoisotopic (exact) mass is 753 g/mol. The van der Waals surface area contributed by atoms with Crippen molar-refractivity contribution in [2.75, 3.05) is 7.11 Å². The lowest BCUT2D eigenvalue weighted by molar-refractivity contribution is 0.416. The van der Waals surface area contributed by atoms with Gasteiger partial charge in [0.15, 0.2) is 0 Å². The molecule has 0 spiro atoms. The Bertz CT molecular complexity index is 3000. The van der Waals surface area contributed by atoms with E-state index in [1.54, 1.807) is 7.11 Å². The second-order valence-electron chi connectivity index (χ2n) is 15.4. The second-order valence-corrected chi connectivity index (χ2v) is 15.4. The number of methoxy groups -OCH3 is 1. The van der Waals surface area contributed by atoms with Crippen LogP contribution in [0.5, 0.6) is 5.75 Å². The minimum atomic E-state index is 0.824. The van der Waals surface area contributed by atoms with Crippen molar-refractivity contribution >= 4 is 32.8 Å². The zero-order valence-electron chi connectivity index (χ0n) is 33.0. The fourth-order valence-corrected chi connectivity index (χ4v) is 8.56. The molecule has 0 amide bonds. The predicted molar refractivity (Wildman–Crippen MR) is 237 cm³/mol. The Balaban J connectivity index is 1.00. The largest absolute Gasteiger partial charge is 0.496 e. The molecule has 0 saturated carbocycles. The van der Waals surface area contributed by atoms with E-state index < -0.39 is 0 Å². The highest BCUT2D eigenvalue weighted by Crippen LogP contribution is 2.40. The molecule has 282 valence electrons. The van der Waals surface area contributed by atoms with Crippen LogP contribution in [0.1, 0.15) is 33.6 Å². The Morgan fingerprint density at radius 3 is 1.67 bits per heavy atom. The normalized spacial score (nSPS) is 11.6. The molecule has 10 rings (SSSR count). The lowest BCUT2D eigenvalue weighted by Gasteiger charge is -2.17. The predicted octanol–water partition coefficient (Wildman–Crippen LogP) is 11.9. The van der Waals surface area contributed by atoms with Gasteiger partial charge in [-0.25, -0.2) is 9.97 Å². The van der Waals surface area contributed by atoms with Crippen LogP contribution in [-0.2, 0) is 25.7 Å². The molecule has 0 N–H and O–H groups in total. The van der Waals surface area contributed by atoms with Gasteiger partial charge < -0.3 is 13.5 Å². The van der Waals surface area contributed by atoms with Crippen LogP contribution in [0, 0.1) is 13.8 Å². The summed E-state index contributed by atoms with van der Waals surface area (Å²) in [5, 5.41) is 4.81. The van der Waals surface area contributed by atoms with Gasteiger partial charge in [-0.3, -0.25) is 4.98 Å². The van der Waals surface area contributed by atoms with E-state index in [2.05, 4.69) is 148 Å². The third kappa shape index (κ3) is 6.77. The number of fused-ring (bicyclic) bond motifs is 6. The number of pyridine rings is 3. The van der Waals surface area contributed by atoms with Crippen molar-refractivity contribution in [3.63, 3.8) is 0 Å². The van der Waals surface area contributed by atoms with Crippen molar-refractivity contribution in [2.24, 2.45) is 0 Å². The second kappa shape index (κ2) is 14.8. The number of rotatable bonds is 10. The number of aryl methyl sites for hydroxylation is 6. The summed E-state index contributed by atoms with van der Waals surface area (Å²) in [6, 6.07) is 46.4. The maximum absolute atomic E-state index is 6.05. The van der Waals surface area contributed by atoms with Crippen LogP contribution < -0.4 is 4.74 Å². The summed E-state index contributed by atoms with van der Waals surface area (Å²) in [6.07, 6.45) is 14.0. The Labute approximate surface area is 338 Å². The molecule has 0 aliphatic rings. The van der Waals surface area contributed by atoms with Crippen LogP contribution >= 0.6 is 0 Å². The maximum atomic E-state index is 6.05. The van der Waals surface area contributed by atoms with Gasteiger partial charge in [-0.1, -0.05) is 91.0 Å². The fraction of sp³-hybridized carbons (Fsp3) is 0.135. The molecule has 0 unspecified atom stereocenters. The molecule has 0 saturated heterocycles. The van der Waals surface area contributed by atoms with Gasteiger partial charge in [-0.15, -0.1) is 0 Å². The van der Waals surface area contributed by atoms with Crippen LogP contribution in [0.3, 0.4) is 0 Å². The van der Waals surface area contributed by atoms with Crippen LogP contribution in [-0.4, -0.2) is 30.9 Å². The van der Waals surface area contributed by atoms with Crippen LogP contribution in [0.15, 0.2) is 158 Å². The highest BCUT2D eigenvalue weighted by molar-refractivity contribution is 5.95. The summed E-state index contributed by atoms with van der Waals surface area (Å²) in [4.78, 5) is 14.2. The molecule has 58 heavy (non-hydrogen) atoms. The number of hydrogen-bond acceptors (Lipinski definition) is 4. The molecule has 0 radical (unpaired) electrons. The molecule has 0 atom stereocenters. The first-order valence-electron chi connectivity index (χ1n) is 20.0. The smallest absolute Gasteiger partial charge is 0.144 e. The molecule has 6 nitrogen and oxygen atoms in total. The van der Waals surface area contributed by atoms with Crippen molar-refractivity contribution in [3.05, 3.63) is 192 Å². The molecular weight excluding hydrogens is 711 g/mol. The van der Waals surface area contributed by atoms with Gasteiger partial charge in [0.05, 0.1) is 24.2 Å². The van der Waals surface area contributed by atoms with Gasteiger partial charge >= 0.3 is 0 Å². The zero-order chi connectivity index (χ0) is 39.2. The number of benzene rings is 5. The first-order valence-corrected chi connectivity index (χ1v) is 20.0. The Morgan fingerprint density at radius 2 is 1.09 bits per heavy atom. The average Bonchev–Trinajstić information content (AvgIpc) is 3.86. The van der Waals surface area contributed by atoms with E-state index in [1.165, 1.54) is 54.9 Å². The van der Waals surface area contributed by atoms with E-state index in [9.17, 15) is 0 Å². The Morgan fingerprint density at radius 1 is 0.500 bits per heavy atom. The number of aromatic nitrogens is 5. The number of nitrogens with zero attached hydrogens (tertiary/aromatic N) is 5. The maximum Gasteiger partial charge on any atom is 0.144 e. The minimum Gasteiger partial charge on any atom is -0.496 e. The van der Waals surface area contributed by atoms with Gasteiger partial charge in [0.2, 0.25) is 0 Å². The van der Waals surface area contributed by atoms with E-state index >= 15 is 0 Å². The van der Waals surface area contributed by atoms with Crippen molar-refractivity contribution < 1.29 is 4.74 Å². The topological polar surface area (TPSA) is 56.7 Å². The first kappa shape index (κ1) is 35.4. The van der Waals surface area contributed by atoms with Crippen molar-refractivity contribution in [1.29, 1.82) is 0 Å². The van der Waals surface area contributed by atoms with E-state index in [1.807, 2.05) is 38.2 Å². The molecule has 10 aromatic rings. The van der Waals surface area contributed by atoms with E-state index in [0.717, 1.165) is 76.5 Å². The third-order valence-corrected chi connectivity index (χ3v) is 11.4. The Kier molecular flexibility index (Phi) is 9.02. The van der Waals surface area contributed by atoms with Gasteiger partial charge in [0.1, 0.15) is 17.0 Å². The molecule has 0 aliphatic heterocycles. The quantitative estimate of drug-likeness (QED) is 0.140. The minimum absolute atomic E-state index is 0.824. The highest BCUT2D eigenvalue weighted by Gasteiger charge is 2.16. The summed E-state index contributed by atoms with van der Waals surface area (Å²) in [7, 11) is 1.75. The molecule has 5 aromatic heterocycles. The summed E-state index contributed by atoms with van der Waals surface area (Å²) in [5.41, 5.74) is 15.9. The fourth-order valence-electron chi connectivity index (χ4n) is 8.56. The molecule has 0 bridgehead atoms. The number of imidazole rings is 2. The van der Waals surface area contributed by atoms with Crippen LogP contribution in [0.4, 0.5) is 0 Å². The van der Waals surface area contributed by atoms with Gasteiger partial charge in [-0.05, 0) is 126 Å². The van der Waals surface area contributed by atoms with Crippen molar-refractivity contribution in [1.82, 2.24) is 23.8 Å². The van der Waals surface area contributed by atoms with Crippen LogP contribution in [0.2, 0.25) is 0 Å². The van der Waals surface area contributed by atoms with Crippen molar-refractivity contribution in [2.45, 2.75) is 39.5 Å². The standard InChI is InChI=1S/C52H43N5O/c1-34-32-56-24-21-40-27-36(15-18-45(40)51(56)54-34)11-13-38-26-39(14-12-37-16-19-46-41(28-37)22-25-57-33-35(2)55-52(46)57)30-43(29-38)44-8-4-5-9-47(44)48-20-17-42(31-50(48)58-3)49-10-6-7-23-53-49/h4-10,15-33H,11-14H2,1-3H3. The van der Waals surface area contributed by atoms with Gasteiger partial charge in [-0.2, -0.15) is 0 Å². The lowest BCUT2D eigenvalue weighted by atomic mass is 9.89. The highest BCUT2D eigenvalue weighted by atomic mass is 16.5. The van der Waals surface area contributed by atoms with E-state index in [4.69, 9.17) is 14.7 Å². The zero-order valence-corrected chi connectivity index (χ0v) is 33.0. The van der Waals surface area contributed by atoms with Crippen LogP contribution in [0.25, 0.3) is 66.4 Å². The third-order valence-electron chi connectivity index (χ3n) is 11.4. The Hall–Kier alpha value is -7.05. The SMILES string of the molecule is COc1cc(-c2ccccn2)ccc1-c1ccccc1-c1cc(CCc2ccc3c(ccn4cc(C)nc34)c2)cc(CCc2ccc3c(ccn4cc(C)nc34)c2)c1. The van der Waals surface area contributed by atoms with Crippen molar-refractivity contribution in [3.8, 4) is 39.3 Å². The number of hydrogen-bond donors (Lipinski definition) is 0. The summed E-state index contributed by atoms with van der Waals surface area (Å²) >= 11 is 0. The molecule has 5 aromatic carbocycles. The van der Waals surface area contributed by atoms with Gasteiger partial charge in [0.25, 0.3) is 0 Å². The molecule has 0 aliphatic carbocycles. The lowest BCUT2D eigenvalue weighted by Crippen LogP contribution is -1.98. The van der Waals surface area contributed by atoms with Gasteiger partial charge in [0, 0.05) is 52.9 Å². The molecule has 6 heteroatoms. The summed E-state index contributed by atoms with van der Waals surface area (Å²) < 4.78 is 10.3. The van der Waals surface area contributed by atoms with E-state index in [0.29, 0.717) is 0 Å². The molecular formula is C52H43N5O. The summed E-state index contributed by atoms with van der Waals surface area (Å²) in [5.74, 6) is 0.824. The molecule has 0 fully saturated rings. The average molecular weight is 754 g/mol. The van der Waals surface area contributed by atoms with E-state index in [-0.39, 0.29) is 0 Å².